The highest BCUT2D eigenvalue weighted by atomic mass is 79.9. The Hall–Kier alpha value is -1.70. The molecule has 0 amide bonds. The first-order chi connectivity index (χ1) is 9.95. The zero-order valence-electron chi connectivity index (χ0n) is 10.9. The van der Waals surface area contributed by atoms with Gasteiger partial charge in [-0.3, -0.25) is 4.79 Å². The number of aliphatic hydroxyl groups is 2. The predicted octanol–water partition coefficient (Wildman–Crippen LogP) is 1.41. The molecule has 0 radical (unpaired) electrons. The number of alkyl halides is 1. The van der Waals surface area contributed by atoms with E-state index in [1.54, 1.807) is 12.1 Å². The van der Waals surface area contributed by atoms with E-state index < -0.39 is 23.6 Å². The molecule has 7 heteroatoms. The van der Waals surface area contributed by atoms with Crippen molar-refractivity contribution >= 4 is 32.8 Å². The minimum Gasteiger partial charge on any atom is -0.477 e. The number of hydrogen-bond acceptors (Lipinski definition) is 4. The molecule has 2 rings (SSSR count). The zero-order valence-corrected chi connectivity index (χ0v) is 12.5. The zero-order chi connectivity index (χ0) is 15.6. The fourth-order valence-electron chi connectivity index (χ4n) is 2.07. The van der Waals surface area contributed by atoms with Gasteiger partial charge in [0.05, 0.1) is 6.10 Å². The maximum atomic E-state index is 12.1. The second kappa shape index (κ2) is 6.38. The Morgan fingerprint density at radius 2 is 2.05 bits per heavy atom. The van der Waals surface area contributed by atoms with Crippen LogP contribution < -0.4 is 5.43 Å². The third-order valence-corrected chi connectivity index (χ3v) is 3.70. The molecule has 0 aliphatic rings. The maximum Gasteiger partial charge on any atom is 0.341 e. The van der Waals surface area contributed by atoms with Crippen molar-refractivity contribution in [2.45, 2.75) is 18.6 Å². The third kappa shape index (κ3) is 3.15. The molecule has 0 aliphatic carbocycles. The van der Waals surface area contributed by atoms with E-state index in [0.29, 0.717) is 22.8 Å². The van der Waals surface area contributed by atoms with Crippen LogP contribution in [0.4, 0.5) is 0 Å². The quantitative estimate of drug-likeness (QED) is 0.606. The lowest BCUT2D eigenvalue weighted by molar-refractivity contribution is 0.0174. The van der Waals surface area contributed by atoms with Crippen LogP contribution in [0.2, 0.25) is 0 Å². The number of aliphatic hydroxyl groups excluding tert-OH is 2. The SMILES string of the molecule is O=C(O)c1c[nH]c2ccc(C(O)C(O)CCBr)cc2c1=O. The molecule has 1 aromatic carbocycles. The van der Waals surface area contributed by atoms with E-state index in [1.807, 2.05) is 0 Å². The molecule has 6 nitrogen and oxygen atoms in total. The van der Waals surface area contributed by atoms with Gasteiger partial charge in [-0.15, -0.1) is 0 Å². The Morgan fingerprint density at radius 1 is 1.33 bits per heavy atom. The van der Waals surface area contributed by atoms with Crippen LogP contribution in [-0.4, -0.2) is 37.7 Å². The maximum absolute atomic E-state index is 12.1. The fourth-order valence-corrected chi connectivity index (χ4v) is 2.54. The van der Waals surface area contributed by atoms with Crippen LogP contribution in [0.25, 0.3) is 10.9 Å². The molecule has 2 unspecified atom stereocenters. The Labute approximate surface area is 128 Å². The molecule has 4 N–H and O–H groups in total. The highest BCUT2D eigenvalue weighted by molar-refractivity contribution is 9.09. The Bertz CT molecular complexity index is 727. The van der Waals surface area contributed by atoms with Gasteiger partial charge in [-0.05, 0) is 24.1 Å². The van der Waals surface area contributed by atoms with E-state index in [-0.39, 0.29) is 10.9 Å². The smallest absolute Gasteiger partial charge is 0.341 e. The fraction of sp³-hybridized carbons (Fsp3) is 0.286. The molecule has 112 valence electrons. The van der Waals surface area contributed by atoms with E-state index in [4.69, 9.17) is 5.11 Å². The molecule has 0 fully saturated rings. The summed E-state index contributed by atoms with van der Waals surface area (Å²) < 4.78 is 0. The van der Waals surface area contributed by atoms with Crippen molar-refractivity contribution in [3.8, 4) is 0 Å². The van der Waals surface area contributed by atoms with Crippen LogP contribution in [0.3, 0.4) is 0 Å². The highest BCUT2D eigenvalue weighted by Crippen LogP contribution is 2.22. The normalized spacial score (nSPS) is 14.0. The number of pyridine rings is 1. The molecular weight excluding hydrogens is 342 g/mol. The lowest BCUT2D eigenvalue weighted by Gasteiger charge is -2.17. The minimum atomic E-state index is -1.32. The summed E-state index contributed by atoms with van der Waals surface area (Å²) >= 11 is 3.18. The lowest BCUT2D eigenvalue weighted by atomic mass is 10.00. The molecule has 1 aromatic heterocycles. The Morgan fingerprint density at radius 3 is 2.67 bits per heavy atom. The number of hydrogen-bond donors (Lipinski definition) is 4. The predicted molar refractivity (Wildman–Crippen MR) is 80.9 cm³/mol. The van der Waals surface area contributed by atoms with Crippen molar-refractivity contribution in [3.05, 3.63) is 45.7 Å². The van der Waals surface area contributed by atoms with Gasteiger partial charge in [-0.2, -0.15) is 0 Å². The summed E-state index contributed by atoms with van der Waals surface area (Å²) in [7, 11) is 0. The molecule has 2 aromatic rings. The lowest BCUT2D eigenvalue weighted by Crippen LogP contribution is -2.19. The number of aromatic carboxylic acids is 1. The van der Waals surface area contributed by atoms with Gasteiger partial charge in [0.25, 0.3) is 0 Å². The number of nitrogens with one attached hydrogen (secondary N) is 1. The van der Waals surface area contributed by atoms with Crippen LogP contribution in [0.15, 0.2) is 29.2 Å². The number of halogens is 1. The van der Waals surface area contributed by atoms with Gasteiger partial charge >= 0.3 is 5.97 Å². The largest absolute Gasteiger partial charge is 0.477 e. The van der Waals surface area contributed by atoms with Crippen molar-refractivity contribution in [3.63, 3.8) is 0 Å². The first kappa shape index (κ1) is 15.7. The van der Waals surface area contributed by atoms with Gasteiger partial charge in [0.2, 0.25) is 5.43 Å². The molecule has 0 saturated heterocycles. The number of aromatic amines is 1. The molecule has 0 spiro atoms. The van der Waals surface area contributed by atoms with Gasteiger partial charge in [-0.25, -0.2) is 4.79 Å². The summed E-state index contributed by atoms with van der Waals surface area (Å²) in [5.74, 6) is -1.32. The number of rotatable bonds is 5. The molecule has 1 heterocycles. The summed E-state index contributed by atoms with van der Waals surface area (Å²) in [4.78, 5) is 25.8. The van der Waals surface area contributed by atoms with E-state index >= 15 is 0 Å². The molecular formula is C14H14BrNO5. The highest BCUT2D eigenvalue weighted by Gasteiger charge is 2.19. The molecule has 0 aliphatic heterocycles. The average molecular weight is 356 g/mol. The van der Waals surface area contributed by atoms with Crippen molar-refractivity contribution in [1.82, 2.24) is 4.98 Å². The molecule has 21 heavy (non-hydrogen) atoms. The number of carboxylic acids is 1. The molecule has 0 bridgehead atoms. The van der Waals surface area contributed by atoms with E-state index in [1.165, 1.54) is 6.07 Å². The van der Waals surface area contributed by atoms with Crippen molar-refractivity contribution in [2.75, 3.05) is 5.33 Å². The average Bonchev–Trinajstić information content (AvgIpc) is 2.46. The standard InChI is InChI=1S/C14H14BrNO5/c15-4-3-11(17)12(18)7-1-2-10-8(5-7)13(19)9(6-16-10)14(20)21/h1-2,5-6,11-12,17-18H,3-4H2,(H,16,19)(H,20,21). The minimum absolute atomic E-state index is 0.164. The summed E-state index contributed by atoms with van der Waals surface area (Å²) in [6.45, 7) is 0. The second-order valence-corrected chi connectivity index (χ2v) is 5.42. The topological polar surface area (TPSA) is 111 Å². The van der Waals surface area contributed by atoms with Crippen LogP contribution in [0, 0.1) is 0 Å². The van der Waals surface area contributed by atoms with E-state index in [0.717, 1.165) is 6.20 Å². The van der Waals surface area contributed by atoms with Crippen LogP contribution >= 0.6 is 15.9 Å². The van der Waals surface area contributed by atoms with E-state index in [9.17, 15) is 19.8 Å². The van der Waals surface area contributed by atoms with Crippen molar-refractivity contribution in [2.24, 2.45) is 0 Å². The van der Waals surface area contributed by atoms with Gasteiger partial charge in [0.15, 0.2) is 0 Å². The monoisotopic (exact) mass is 355 g/mol. The van der Waals surface area contributed by atoms with Gasteiger partial charge in [-0.1, -0.05) is 22.0 Å². The number of carboxylic acid groups (broad SMARTS) is 1. The summed E-state index contributed by atoms with van der Waals surface area (Å²) in [5.41, 5.74) is -0.157. The molecule has 0 saturated carbocycles. The van der Waals surface area contributed by atoms with Crippen LogP contribution in [0.1, 0.15) is 28.4 Å². The third-order valence-electron chi connectivity index (χ3n) is 3.25. The number of H-pyrrole nitrogens is 1. The number of fused-ring (bicyclic) bond motifs is 1. The van der Waals surface area contributed by atoms with E-state index in [2.05, 4.69) is 20.9 Å². The van der Waals surface area contributed by atoms with Gasteiger partial charge in [0.1, 0.15) is 11.7 Å². The number of benzene rings is 1. The van der Waals surface area contributed by atoms with Crippen molar-refractivity contribution < 1.29 is 20.1 Å². The number of aromatic nitrogens is 1. The number of carbonyl (C=O) groups is 1. The summed E-state index contributed by atoms with van der Waals surface area (Å²) in [5, 5.41) is 29.5. The first-order valence-corrected chi connectivity index (χ1v) is 7.38. The summed E-state index contributed by atoms with van der Waals surface area (Å²) in [6.07, 6.45) is -0.614. The van der Waals surface area contributed by atoms with Crippen LogP contribution in [-0.2, 0) is 0 Å². The Kier molecular flexibility index (Phi) is 4.76. The molecule has 2 atom stereocenters. The van der Waals surface area contributed by atoms with Gasteiger partial charge in [0, 0.05) is 22.4 Å². The first-order valence-electron chi connectivity index (χ1n) is 6.26. The summed E-state index contributed by atoms with van der Waals surface area (Å²) in [6, 6.07) is 4.56. The Balaban J connectivity index is 2.52. The van der Waals surface area contributed by atoms with Gasteiger partial charge < -0.3 is 20.3 Å². The second-order valence-electron chi connectivity index (χ2n) is 4.63. The van der Waals surface area contributed by atoms with Crippen molar-refractivity contribution in [1.29, 1.82) is 0 Å². The van der Waals surface area contributed by atoms with Crippen LogP contribution in [0.5, 0.6) is 0 Å².